The summed E-state index contributed by atoms with van der Waals surface area (Å²) in [6, 6.07) is 7.27. The SMILES string of the molecule is CCOC(C)(C)CCC(=O)NC(C(=O)N[C@@H](CCCCN)C(=O)Nc1ccc(COC(=O)N[C@H]2CCc3c(C)c(F)cc4nc5c(c2c34)Cn2c-5cc3c(c2=O)COC(=O)[C@]3(O)CC)cc1)C(C)C. The average molecular weight is 954 g/mol. The number of hydrogen-bond donors (Lipinski definition) is 6. The fourth-order valence-corrected chi connectivity index (χ4v) is 9.63. The first-order chi connectivity index (χ1) is 32.8. The van der Waals surface area contributed by atoms with Gasteiger partial charge >= 0.3 is 12.1 Å². The van der Waals surface area contributed by atoms with Gasteiger partial charge in [0.15, 0.2) is 5.60 Å². The minimum absolute atomic E-state index is 0.0239. The van der Waals surface area contributed by atoms with Gasteiger partial charge in [-0.15, -0.1) is 0 Å². The molecule has 2 aromatic heterocycles. The van der Waals surface area contributed by atoms with Gasteiger partial charge in [0.05, 0.1) is 40.7 Å². The van der Waals surface area contributed by atoms with Gasteiger partial charge in [-0.3, -0.25) is 19.2 Å². The fraction of sp³-hybridized carbons (Fsp3) is 0.510. The molecule has 1 unspecified atom stereocenters. The van der Waals surface area contributed by atoms with Gasteiger partial charge in [-0.25, -0.2) is 19.0 Å². The van der Waals surface area contributed by atoms with E-state index in [1.165, 1.54) is 10.6 Å². The van der Waals surface area contributed by atoms with Crippen molar-refractivity contribution in [3.63, 3.8) is 0 Å². The lowest BCUT2D eigenvalue weighted by atomic mass is 9.81. The predicted molar refractivity (Wildman–Crippen MR) is 255 cm³/mol. The number of anilines is 1. The van der Waals surface area contributed by atoms with Gasteiger partial charge in [-0.2, -0.15) is 0 Å². The zero-order valence-electron chi connectivity index (χ0n) is 40.4. The normalized spacial score (nSPS) is 17.8. The number of aliphatic hydroxyl groups is 1. The lowest BCUT2D eigenvalue weighted by molar-refractivity contribution is -0.172. The van der Waals surface area contributed by atoms with Crippen LogP contribution in [0.2, 0.25) is 0 Å². The van der Waals surface area contributed by atoms with Crippen LogP contribution in [0.15, 0.2) is 41.2 Å². The van der Waals surface area contributed by atoms with Gasteiger partial charge in [0.25, 0.3) is 5.56 Å². The molecule has 69 heavy (non-hydrogen) atoms. The molecular weight excluding hydrogens is 890 g/mol. The lowest BCUT2D eigenvalue weighted by Gasteiger charge is -2.31. The Hall–Kier alpha value is -6.24. The van der Waals surface area contributed by atoms with Gasteiger partial charge in [-0.05, 0) is 126 Å². The molecule has 7 rings (SSSR count). The molecule has 0 spiro atoms. The van der Waals surface area contributed by atoms with Gasteiger partial charge in [0.1, 0.15) is 31.1 Å². The lowest BCUT2D eigenvalue weighted by Crippen LogP contribution is -2.54. The van der Waals surface area contributed by atoms with Crippen molar-refractivity contribution in [2.24, 2.45) is 11.7 Å². The number of halogens is 1. The van der Waals surface area contributed by atoms with Crippen LogP contribution in [-0.4, -0.2) is 75.3 Å². The molecule has 3 aliphatic rings. The van der Waals surface area contributed by atoms with Gasteiger partial charge in [0.2, 0.25) is 17.7 Å². The fourth-order valence-electron chi connectivity index (χ4n) is 9.63. The highest BCUT2D eigenvalue weighted by molar-refractivity contribution is 5.98. The summed E-state index contributed by atoms with van der Waals surface area (Å²) in [5.74, 6) is -2.74. The van der Waals surface area contributed by atoms with Crippen LogP contribution in [0.25, 0.3) is 22.3 Å². The van der Waals surface area contributed by atoms with Gasteiger partial charge in [-0.1, -0.05) is 32.9 Å². The predicted octanol–water partition coefficient (Wildman–Crippen LogP) is 5.73. The van der Waals surface area contributed by atoms with Crippen LogP contribution in [-0.2, 0) is 65.2 Å². The van der Waals surface area contributed by atoms with Crippen molar-refractivity contribution in [1.82, 2.24) is 25.5 Å². The Bertz CT molecular complexity index is 2720. The third-order valence-corrected chi connectivity index (χ3v) is 13.6. The van der Waals surface area contributed by atoms with E-state index in [1.807, 2.05) is 34.6 Å². The number of carbonyl (C=O) groups excluding carboxylic acids is 5. The maximum Gasteiger partial charge on any atom is 0.407 e. The Morgan fingerprint density at radius 2 is 1.78 bits per heavy atom. The maximum atomic E-state index is 15.4. The smallest absolute Gasteiger partial charge is 0.407 e. The van der Waals surface area contributed by atoms with E-state index in [9.17, 15) is 33.9 Å². The third-order valence-electron chi connectivity index (χ3n) is 13.6. The number of aromatic nitrogens is 2. The van der Waals surface area contributed by atoms with E-state index in [4.69, 9.17) is 24.9 Å². The largest absolute Gasteiger partial charge is 0.458 e. The van der Waals surface area contributed by atoms with E-state index in [0.29, 0.717) is 102 Å². The van der Waals surface area contributed by atoms with E-state index < -0.39 is 64.6 Å². The Morgan fingerprint density at radius 1 is 1.04 bits per heavy atom. The molecule has 0 saturated carbocycles. The molecule has 4 amide bonds. The molecule has 370 valence electrons. The molecule has 0 fully saturated rings. The standard InChI is InChI=1S/C51H64FN7O10/c1-8-51(66)34-22-39-44-32(24-59(39)47(63)33(34)26-67-48(51)64)42-36(18-17-31-28(5)35(52)23-38(55-44)41(31)42)57-49(65)68-25-29-13-15-30(16-14-29)54-45(61)37(12-10-11-21-53)56-46(62)43(27(3)4)58-40(60)19-20-50(6,7)69-9-2/h13-16,22-23,27,36-37,43,66H,8-12,17-21,24-26,53H2,1-7H3,(H,54,61)(H,56,62)(H,57,65)(H,58,60)/t36-,37-,43?,51-/m0/s1. The number of rotatable bonds is 19. The first kappa shape index (κ1) is 50.6. The number of unbranched alkanes of at least 4 members (excludes halogenated alkanes) is 1. The van der Waals surface area contributed by atoms with Crippen LogP contribution >= 0.6 is 0 Å². The first-order valence-corrected chi connectivity index (χ1v) is 23.9. The van der Waals surface area contributed by atoms with Crippen LogP contribution in [0.1, 0.15) is 131 Å². The minimum atomic E-state index is -2.02. The number of benzene rings is 2. The molecule has 7 N–H and O–H groups in total. The molecular formula is C51H64FN7O10. The number of nitrogens with two attached hydrogens (primary N) is 1. The zero-order chi connectivity index (χ0) is 49.9. The molecule has 0 saturated heterocycles. The molecule has 4 aromatic rings. The summed E-state index contributed by atoms with van der Waals surface area (Å²) in [7, 11) is 0. The summed E-state index contributed by atoms with van der Waals surface area (Å²) in [5, 5.41) is 23.6. The summed E-state index contributed by atoms with van der Waals surface area (Å²) >= 11 is 0. The molecule has 2 aliphatic heterocycles. The molecule has 4 atom stereocenters. The zero-order valence-corrected chi connectivity index (χ0v) is 40.4. The van der Waals surface area contributed by atoms with E-state index in [0.717, 1.165) is 5.56 Å². The number of nitrogens with zero attached hydrogens (tertiary/aromatic N) is 2. The van der Waals surface area contributed by atoms with Crippen LogP contribution in [0, 0.1) is 18.7 Å². The number of hydrogen-bond acceptors (Lipinski definition) is 12. The monoisotopic (exact) mass is 953 g/mol. The third kappa shape index (κ3) is 10.5. The van der Waals surface area contributed by atoms with Crippen molar-refractivity contribution in [1.29, 1.82) is 0 Å². The van der Waals surface area contributed by atoms with Crippen molar-refractivity contribution in [3.05, 3.63) is 91.5 Å². The van der Waals surface area contributed by atoms with Crippen molar-refractivity contribution >= 4 is 46.4 Å². The highest BCUT2D eigenvalue weighted by Gasteiger charge is 2.46. The number of pyridine rings is 2. The summed E-state index contributed by atoms with van der Waals surface area (Å²) in [6.45, 7) is 13.3. The number of cyclic esters (lactones) is 1. The first-order valence-electron chi connectivity index (χ1n) is 23.9. The molecule has 0 bridgehead atoms. The summed E-state index contributed by atoms with van der Waals surface area (Å²) < 4.78 is 33.5. The number of amides is 4. The Balaban J connectivity index is 1.03. The second kappa shape index (κ2) is 20.8. The van der Waals surface area contributed by atoms with Crippen LogP contribution < -0.4 is 32.6 Å². The second-order valence-corrected chi connectivity index (χ2v) is 19.1. The van der Waals surface area contributed by atoms with Crippen molar-refractivity contribution in [2.45, 2.75) is 149 Å². The van der Waals surface area contributed by atoms with Crippen LogP contribution in [0.4, 0.5) is 14.9 Å². The number of fused-ring (bicyclic) bond motifs is 5. The Labute approximate surface area is 400 Å². The van der Waals surface area contributed by atoms with Crippen LogP contribution in [0.5, 0.6) is 0 Å². The van der Waals surface area contributed by atoms with Gasteiger partial charge in [0, 0.05) is 41.3 Å². The van der Waals surface area contributed by atoms with E-state index >= 15 is 4.39 Å². The van der Waals surface area contributed by atoms with E-state index in [-0.39, 0.29) is 55.6 Å². The number of ether oxygens (including phenoxy) is 3. The summed E-state index contributed by atoms with van der Waals surface area (Å²) in [6.07, 6.45) is 2.29. The number of esters is 1. The number of nitrogens with one attached hydrogen (secondary N) is 4. The highest BCUT2D eigenvalue weighted by Crippen LogP contribution is 2.46. The number of aryl methyl sites for hydroxylation is 1. The summed E-state index contributed by atoms with van der Waals surface area (Å²) in [4.78, 5) is 85.4. The van der Waals surface area contributed by atoms with Crippen LogP contribution in [0.3, 0.4) is 0 Å². The van der Waals surface area contributed by atoms with Crippen molar-refractivity contribution in [3.8, 4) is 11.4 Å². The molecule has 17 nitrogen and oxygen atoms in total. The molecule has 18 heteroatoms. The second-order valence-electron chi connectivity index (χ2n) is 19.1. The molecule has 2 aromatic carbocycles. The topological polar surface area (TPSA) is 242 Å². The van der Waals surface area contributed by atoms with Crippen molar-refractivity contribution < 1.29 is 47.7 Å². The quantitative estimate of drug-likeness (QED) is 0.0430. The maximum absolute atomic E-state index is 15.4. The number of carbonyl (C=O) groups is 5. The minimum Gasteiger partial charge on any atom is -0.458 e. The van der Waals surface area contributed by atoms with Crippen molar-refractivity contribution in [2.75, 3.05) is 18.5 Å². The molecule has 0 radical (unpaired) electrons. The summed E-state index contributed by atoms with van der Waals surface area (Å²) in [5.41, 5.74) is 7.85. The Kier molecular flexibility index (Phi) is 15.2. The van der Waals surface area contributed by atoms with Gasteiger partial charge < -0.3 is 50.9 Å². The molecule has 4 heterocycles. The Morgan fingerprint density at radius 3 is 2.46 bits per heavy atom. The molecule has 1 aliphatic carbocycles. The van der Waals surface area contributed by atoms with E-state index in [2.05, 4.69) is 21.3 Å². The average Bonchev–Trinajstić information content (AvgIpc) is 3.68. The highest BCUT2D eigenvalue weighted by atomic mass is 19.1. The number of alkyl carbamates (subject to hydrolysis) is 1. The van der Waals surface area contributed by atoms with E-state index in [1.54, 1.807) is 44.2 Å².